The van der Waals surface area contributed by atoms with Crippen molar-refractivity contribution in [1.82, 2.24) is 4.31 Å². The summed E-state index contributed by atoms with van der Waals surface area (Å²) in [6.45, 7) is 4.73. The molecule has 1 saturated heterocycles. The molecule has 1 aromatic rings. The highest BCUT2D eigenvalue weighted by Crippen LogP contribution is 2.35. The van der Waals surface area contributed by atoms with Crippen molar-refractivity contribution in [3.8, 4) is 0 Å². The summed E-state index contributed by atoms with van der Waals surface area (Å²) in [5, 5.41) is 4.05. The maximum absolute atomic E-state index is 12.4. The average Bonchev–Trinajstić information content (AvgIpc) is 2.99. The molecule has 2 rings (SSSR count). The van der Waals surface area contributed by atoms with Crippen LogP contribution in [0.3, 0.4) is 0 Å². The van der Waals surface area contributed by atoms with Gasteiger partial charge in [-0.2, -0.15) is 15.6 Å². The van der Waals surface area contributed by atoms with Gasteiger partial charge < -0.3 is 4.74 Å². The van der Waals surface area contributed by atoms with Crippen LogP contribution in [0.25, 0.3) is 0 Å². The van der Waals surface area contributed by atoms with Crippen molar-refractivity contribution in [3.05, 3.63) is 22.4 Å². The van der Waals surface area contributed by atoms with E-state index in [1.54, 1.807) is 15.6 Å². The van der Waals surface area contributed by atoms with E-state index < -0.39 is 10.0 Å². The molecule has 19 heavy (non-hydrogen) atoms. The number of nitrogens with zero attached hydrogens (tertiary/aromatic N) is 1. The molecule has 6 heteroatoms. The number of sulfonamides is 1. The quantitative estimate of drug-likeness (QED) is 0.811. The number of hydrogen-bond acceptors (Lipinski definition) is 4. The fourth-order valence-corrected chi connectivity index (χ4v) is 4.65. The van der Waals surface area contributed by atoms with Gasteiger partial charge in [-0.3, -0.25) is 0 Å². The smallest absolute Gasteiger partial charge is 0.216 e. The fraction of sp³-hybridized carbons (Fsp3) is 0.692. The van der Waals surface area contributed by atoms with Crippen LogP contribution in [-0.2, 0) is 14.8 Å². The van der Waals surface area contributed by atoms with Crippen LogP contribution < -0.4 is 0 Å². The zero-order valence-corrected chi connectivity index (χ0v) is 13.0. The zero-order chi connectivity index (χ0) is 13.9. The second-order valence-corrected chi connectivity index (χ2v) is 7.88. The van der Waals surface area contributed by atoms with Crippen LogP contribution in [0.1, 0.15) is 38.3 Å². The van der Waals surface area contributed by atoms with Crippen LogP contribution in [0.15, 0.2) is 16.8 Å². The Labute approximate surface area is 119 Å². The molecular formula is C13H21NO3S2. The Morgan fingerprint density at radius 1 is 1.53 bits per heavy atom. The van der Waals surface area contributed by atoms with Crippen molar-refractivity contribution in [1.29, 1.82) is 0 Å². The van der Waals surface area contributed by atoms with E-state index in [0.29, 0.717) is 6.54 Å². The lowest BCUT2D eigenvalue weighted by molar-refractivity contribution is 0.0906. The topological polar surface area (TPSA) is 46.6 Å². The highest BCUT2D eigenvalue weighted by Gasteiger charge is 2.34. The lowest BCUT2D eigenvalue weighted by Gasteiger charge is -2.23. The zero-order valence-electron chi connectivity index (χ0n) is 11.4. The summed E-state index contributed by atoms with van der Waals surface area (Å²) in [5.41, 5.74) is 1.12. The van der Waals surface area contributed by atoms with Gasteiger partial charge in [-0.15, -0.1) is 0 Å². The predicted octanol–water partition coefficient (Wildman–Crippen LogP) is 2.64. The van der Waals surface area contributed by atoms with Crippen LogP contribution in [0.4, 0.5) is 0 Å². The second kappa shape index (κ2) is 6.35. The van der Waals surface area contributed by atoms with Crippen molar-refractivity contribution in [2.45, 2.75) is 38.8 Å². The Balaban J connectivity index is 2.02. The Bertz CT molecular complexity index is 482. The largest absolute Gasteiger partial charge is 0.378 e. The number of ether oxygens (including phenoxy) is 1. The summed E-state index contributed by atoms with van der Waals surface area (Å²) in [6.07, 6.45) is 1.92. The first-order valence-corrected chi connectivity index (χ1v) is 9.19. The van der Waals surface area contributed by atoms with E-state index in [9.17, 15) is 8.42 Å². The molecule has 108 valence electrons. The molecule has 4 nitrogen and oxygen atoms in total. The lowest BCUT2D eigenvalue weighted by Crippen LogP contribution is -2.34. The normalized spacial score (nSPS) is 21.3. The molecule has 0 N–H and O–H groups in total. The highest BCUT2D eigenvalue weighted by atomic mass is 32.2. The van der Waals surface area contributed by atoms with Gasteiger partial charge in [0.25, 0.3) is 0 Å². The van der Waals surface area contributed by atoms with Crippen molar-refractivity contribution in [3.63, 3.8) is 0 Å². The molecule has 1 atom stereocenters. The van der Waals surface area contributed by atoms with Gasteiger partial charge in [-0.25, -0.2) is 8.42 Å². The third-order valence-corrected chi connectivity index (χ3v) is 5.82. The maximum atomic E-state index is 12.4. The van der Waals surface area contributed by atoms with E-state index in [4.69, 9.17) is 4.74 Å². The maximum Gasteiger partial charge on any atom is 0.216 e. The molecule has 1 aromatic heterocycles. The second-order valence-electron chi connectivity index (χ2n) is 5.06. The molecular weight excluding hydrogens is 282 g/mol. The molecule has 0 amide bonds. The van der Waals surface area contributed by atoms with Crippen LogP contribution in [0.2, 0.25) is 0 Å². The number of hydrogen-bond donors (Lipinski definition) is 0. The standard InChI is InChI=1S/C13H21NO3S2/c1-11(2)17-7-9-19(15,16)14-6-3-4-13(14)12-5-8-18-10-12/h5,8,10-11,13H,3-4,6-7,9H2,1-2H3. The van der Waals surface area contributed by atoms with E-state index in [-0.39, 0.29) is 24.5 Å². The summed E-state index contributed by atoms with van der Waals surface area (Å²) < 4.78 is 31.7. The average molecular weight is 303 g/mol. The first-order chi connectivity index (χ1) is 9.00. The van der Waals surface area contributed by atoms with Crippen molar-refractivity contribution < 1.29 is 13.2 Å². The minimum atomic E-state index is -3.22. The third kappa shape index (κ3) is 3.78. The third-order valence-electron chi connectivity index (χ3n) is 3.28. The van der Waals surface area contributed by atoms with E-state index >= 15 is 0 Å². The fourth-order valence-electron chi connectivity index (χ4n) is 2.38. The minimum Gasteiger partial charge on any atom is -0.378 e. The van der Waals surface area contributed by atoms with Crippen molar-refractivity contribution >= 4 is 21.4 Å². The van der Waals surface area contributed by atoms with Gasteiger partial charge in [0.1, 0.15) is 0 Å². The van der Waals surface area contributed by atoms with E-state index in [0.717, 1.165) is 18.4 Å². The summed E-state index contributed by atoms with van der Waals surface area (Å²) in [4.78, 5) is 0. The lowest BCUT2D eigenvalue weighted by atomic mass is 10.1. The van der Waals surface area contributed by atoms with Gasteiger partial charge in [0.2, 0.25) is 10.0 Å². The summed E-state index contributed by atoms with van der Waals surface area (Å²) in [5.74, 6) is 0.0752. The summed E-state index contributed by atoms with van der Waals surface area (Å²) in [7, 11) is -3.22. The molecule has 1 fully saturated rings. The number of rotatable bonds is 6. The monoisotopic (exact) mass is 303 g/mol. The van der Waals surface area contributed by atoms with Crippen LogP contribution in [0.5, 0.6) is 0 Å². The molecule has 0 spiro atoms. The number of thiophene rings is 1. The molecule has 0 saturated carbocycles. The molecule has 0 bridgehead atoms. The minimum absolute atomic E-state index is 0.0234. The van der Waals surface area contributed by atoms with Gasteiger partial charge >= 0.3 is 0 Å². The Hall–Kier alpha value is -0.430. The highest BCUT2D eigenvalue weighted by molar-refractivity contribution is 7.89. The van der Waals surface area contributed by atoms with Gasteiger partial charge in [-0.1, -0.05) is 0 Å². The van der Waals surface area contributed by atoms with Gasteiger partial charge in [0.05, 0.1) is 24.5 Å². The van der Waals surface area contributed by atoms with E-state index in [2.05, 4.69) is 0 Å². The Kier molecular flexibility index (Phi) is 5.00. The van der Waals surface area contributed by atoms with Gasteiger partial charge in [-0.05, 0) is 49.1 Å². The van der Waals surface area contributed by atoms with Crippen LogP contribution in [0, 0.1) is 0 Å². The molecule has 0 aliphatic carbocycles. The van der Waals surface area contributed by atoms with Crippen LogP contribution in [-0.4, -0.2) is 37.7 Å². The SMILES string of the molecule is CC(C)OCCS(=O)(=O)N1CCCC1c1ccsc1. The van der Waals surface area contributed by atoms with Crippen molar-refractivity contribution in [2.24, 2.45) is 0 Å². The molecule has 0 radical (unpaired) electrons. The predicted molar refractivity (Wildman–Crippen MR) is 77.9 cm³/mol. The van der Waals surface area contributed by atoms with Crippen LogP contribution >= 0.6 is 11.3 Å². The molecule has 1 aliphatic rings. The summed E-state index contributed by atoms with van der Waals surface area (Å²) in [6, 6.07) is 2.05. The van der Waals surface area contributed by atoms with E-state index in [1.165, 1.54) is 0 Å². The summed E-state index contributed by atoms with van der Waals surface area (Å²) >= 11 is 1.61. The van der Waals surface area contributed by atoms with Crippen molar-refractivity contribution in [2.75, 3.05) is 18.9 Å². The molecule has 1 unspecified atom stereocenters. The van der Waals surface area contributed by atoms with Gasteiger partial charge in [0.15, 0.2) is 0 Å². The molecule has 2 heterocycles. The van der Waals surface area contributed by atoms with Gasteiger partial charge in [0, 0.05) is 6.54 Å². The Morgan fingerprint density at radius 3 is 2.95 bits per heavy atom. The van der Waals surface area contributed by atoms with E-state index in [1.807, 2.05) is 30.7 Å². The first kappa shape index (κ1) is 15.0. The molecule has 0 aromatic carbocycles. The molecule has 1 aliphatic heterocycles. The first-order valence-electron chi connectivity index (χ1n) is 6.64. The Morgan fingerprint density at radius 2 is 2.32 bits per heavy atom.